The van der Waals surface area contributed by atoms with Crippen LogP contribution in [0.2, 0.25) is 0 Å². The van der Waals surface area contributed by atoms with Gasteiger partial charge in [0.1, 0.15) is 5.82 Å². The van der Waals surface area contributed by atoms with Crippen LogP contribution in [0.25, 0.3) is 0 Å². The second-order valence-corrected chi connectivity index (χ2v) is 4.01. The molecule has 0 radical (unpaired) electrons. The summed E-state index contributed by atoms with van der Waals surface area (Å²) in [6.45, 7) is 0.566. The van der Waals surface area contributed by atoms with Crippen molar-refractivity contribution in [2.75, 3.05) is 18.1 Å². The molecule has 1 fully saturated rings. The van der Waals surface area contributed by atoms with Crippen LogP contribution in [-0.2, 0) is 0 Å². The van der Waals surface area contributed by atoms with Crippen LogP contribution in [0.5, 0.6) is 0 Å². The Morgan fingerprint density at radius 2 is 2.35 bits per heavy atom. The van der Waals surface area contributed by atoms with Crippen LogP contribution in [0, 0.1) is 0 Å². The molecule has 1 aliphatic rings. The van der Waals surface area contributed by atoms with Crippen LogP contribution >= 0.6 is 0 Å². The van der Waals surface area contributed by atoms with Crippen LogP contribution < -0.4 is 10.6 Å². The predicted molar refractivity (Wildman–Crippen MR) is 64.2 cm³/mol. The molecule has 1 aromatic heterocycles. The van der Waals surface area contributed by atoms with Crippen LogP contribution in [0.15, 0.2) is 23.5 Å². The highest BCUT2D eigenvalue weighted by Gasteiger charge is 2.31. The summed E-state index contributed by atoms with van der Waals surface area (Å²) in [5, 5.41) is 20.8. The second kappa shape index (κ2) is 5.01. The minimum Gasteiger partial charge on any atom is -0.409 e. The van der Waals surface area contributed by atoms with Crippen molar-refractivity contribution in [1.29, 1.82) is 0 Å². The molecule has 1 heterocycles. The average Bonchev–Trinajstić information content (AvgIpc) is 3.19. The zero-order valence-corrected chi connectivity index (χ0v) is 9.45. The Kier molecular flexibility index (Phi) is 3.43. The van der Waals surface area contributed by atoms with Gasteiger partial charge < -0.3 is 20.9 Å². The summed E-state index contributed by atoms with van der Waals surface area (Å²) in [5.41, 5.74) is 6.21. The van der Waals surface area contributed by atoms with Gasteiger partial charge in [0.25, 0.3) is 0 Å². The first-order valence-corrected chi connectivity index (χ1v) is 5.58. The number of aromatic nitrogens is 1. The predicted octanol–water partition coefficient (Wildman–Crippen LogP) is 0.137. The number of aliphatic hydroxyl groups excluding tert-OH is 1. The molecule has 0 saturated heterocycles. The van der Waals surface area contributed by atoms with Gasteiger partial charge in [-0.3, -0.25) is 0 Å². The highest BCUT2D eigenvalue weighted by Crippen LogP contribution is 2.31. The third-order valence-electron chi connectivity index (χ3n) is 2.77. The Labute approximate surface area is 99.4 Å². The number of hydrogen-bond acceptors (Lipinski definition) is 5. The minimum atomic E-state index is 0.0386. The van der Waals surface area contributed by atoms with Crippen molar-refractivity contribution in [3.8, 4) is 0 Å². The molecule has 1 saturated carbocycles. The molecule has 0 aliphatic heterocycles. The largest absolute Gasteiger partial charge is 0.409 e. The van der Waals surface area contributed by atoms with Gasteiger partial charge in [-0.1, -0.05) is 5.16 Å². The van der Waals surface area contributed by atoms with Crippen LogP contribution in [0.4, 0.5) is 5.82 Å². The first kappa shape index (κ1) is 11.7. The van der Waals surface area contributed by atoms with E-state index in [4.69, 9.17) is 16.0 Å². The van der Waals surface area contributed by atoms with Crippen molar-refractivity contribution in [3.63, 3.8) is 0 Å². The van der Waals surface area contributed by atoms with Gasteiger partial charge in [-0.2, -0.15) is 0 Å². The zero-order valence-electron chi connectivity index (χ0n) is 9.45. The molecular formula is C11H16N4O2. The molecular weight excluding hydrogens is 220 g/mol. The van der Waals surface area contributed by atoms with Crippen molar-refractivity contribution in [1.82, 2.24) is 4.98 Å². The summed E-state index contributed by atoms with van der Waals surface area (Å²) in [6, 6.07) is 3.90. The smallest absolute Gasteiger partial charge is 0.173 e. The van der Waals surface area contributed by atoms with Gasteiger partial charge in [-0.05, 0) is 25.0 Å². The van der Waals surface area contributed by atoms with Crippen LogP contribution in [-0.4, -0.2) is 40.3 Å². The number of pyridine rings is 1. The molecule has 0 spiro atoms. The van der Waals surface area contributed by atoms with E-state index >= 15 is 0 Å². The molecule has 6 nitrogen and oxygen atoms in total. The minimum absolute atomic E-state index is 0.0386. The number of hydrogen-bond donors (Lipinski definition) is 3. The fourth-order valence-electron chi connectivity index (χ4n) is 1.83. The summed E-state index contributed by atoms with van der Waals surface area (Å²) in [7, 11) is 0. The van der Waals surface area contributed by atoms with Gasteiger partial charge in [0.2, 0.25) is 0 Å². The SMILES string of the molecule is NC(=NO)c1cccnc1N(CCO)C1CC1. The molecule has 0 unspecified atom stereocenters. The van der Waals surface area contributed by atoms with Crippen molar-refractivity contribution in [2.45, 2.75) is 18.9 Å². The van der Waals surface area contributed by atoms with E-state index in [-0.39, 0.29) is 12.4 Å². The molecule has 17 heavy (non-hydrogen) atoms. The molecule has 1 aliphatic carbocycles. The first-order chi connectivity index (χ1) is 8.27. The van der Waals surface area contributed by atoms with E-state index in [0.29, 0.717) is 24.0 Å². The lowest BCUT2D eigenvalue weighted by molar-refractivity contribution is 0.301. The Morgan fingerprint density at radius 1 is 1.59 bits per heavy atom. The monoisotopic (exact) mass is 236 g/mol. The highest BCUT2D eigenvalue weighted by molar-refractivity contribution is 6.01. The molecule has 1 aromatic rings. The Balaban J connectivity index is 2.34. The Morgan fingerprint density at radius 3 is 2.94 bits per heavy atom. The Bertz CT molecular complexity index is 418. The zero-order chi connectivity index (χ0) is 12.3. The molecule has 0 amide bonds. The molecule has 2 rings (SSSR count). The van der Waals surface area contributed by atoms with Crippen molar-refractivity contribution in [2.24, 2.45) is 10.9 Å². The number of rotatable bonds is 5. The van der Waals surface area contributed by atoms with E-state index in [1.165, 1.54) is 0 Å². The quantitative estimate of drug-likeness (QED) is 0.292. The standard InChI is InChI=1S/C11H16N4O2/c12-10(14-17)9-2-1-5-13-11(9)15(6-7-16)8-3-4-8/h1-2,5,8,16-17H,3-4,6-7H2,(H2,12,14). The van der Waals surface area contributed by atoms with Gasteiger partial charge in [-0.15, -0.1) is 0 Å². The maximum absolute atomic E-state index is 9.08. The van der Waals surface area contributed by atoms with Crippen LogP contribution in [0.1, 0.15) is 18.4 Å². The van der Waals surface area contributed by atoms with Crippen molar-refractivity contribution >= 4 is 11.7 Å². The number of oxime groups is 1. The Hall–Kier alpha value is -1.82. The number of nitrogens with zero attached hydrogens (tertiary/aromatic N) is 3. The maximum atomic E-state index is 9.08. The van der Waals surface area contributed by atoms with Gasteiger partial charge in [0.05, 0.1) is 12.2 Å². The summed E-state index contributed by atoms with van der Waals surface area (Å²) >= 11 is 0. The van der Waals surface area contributed by atoms with E-state index in [1.807, 2.05) is 4.90 Å². The number of nitrogens with two attached hydrogens (primary N) is 1. The fourth-order valence-corrected chi connectivity index (χ4v) is 1.83. The van der Waals surface area contributed by atoms with E-state index in [0.717, 1.165) is 12.8 Å². The topological polar surface area (TPSA) is 95.0 Å². The van der Waals surface area contributed by atoms with Gasteiger partial charge in [-0.25, -0.2) is 4.98 Å². The fraction of sp³-hybridized carbons (Fsp3) is 0.455. The lowest BCUT2D eigenvalue weighted by Gasteiger charge is -2.24. The second-order valence-electron chi connectivity index (χ2n) is 4.01. The van der Waals surface area contributed by atoms with E-state index in [1.54, 1.807) is 18.3 Å². The molecule has 0 bridgehead atoms. The average molecular weight is 236 g/mol. The molecule has 92 valence electrons. The maximum Gasteiger partial charge on any atom is 0.173 e. The van der Waals surface area contributed by atoms with Crippen LogP contribution in [0.3, 0.4) is 0 Å². The lowest BCUT2D eigenvalue weighted by atomic mass is 10.2. The van der Waals surface area contributed by atoms with E-state index in [9.17, 15) is 0 Å². The van der Waals surface area contributed by atoms with Crippen molar-refractivity contribution < 1.29 is 10.3 Å². The third-order valence-corrected chi connectivity index (χ3v) is 2.77. The molecule has 6 heteroatoms. The van der Waals surface area contributed by atoms with E-state index < -0.39 is 0 Å². The highest BCUT2D eigenvalue weighted by atomic mass is 16.4. The number of aliphatic hydroxyl groups is 1. The molecule has 4 N–H and O–H groups in total. The normalized spacial score (nSPS) is 15.9. The number of amidine groups is 1. The van der Waals surface area contributed by atoms with E-state index in [2.05, 4.69) is 10.1 Å². The summed E-state index contributed by atoms with van der Waals surface area (Å²) in [6.07, 6.45) is 3.84. The first-order valence-electron chi connectivity index (χ1n) is 5.58. The summed E-state index contributed by atoms with van der Waals surface area (Å²) < 4.78 is 0. The molecule has 0 aromatic carbocycles. The van der Waals surface area contributed by atoms with Gasteiger partial charge >= 0.3 is 0 Å². The number of anilines is 1. The van der Waals surface area contributed by atoms with Crippen molar-refractivity contribution in [3.05, 3.63) is 23.9 Å². The van der Waals surface area contributed by atoms with Gasteiger partial charge in [0, 0.05) is 18.8 Å². The van der Waals surface area contributed by atoms with Gasteiger partial charge in [0.15, 0.2) is 5.84 Å². The molecule has 0 atom stereocenters. The summed E-state index contributed by atoms with van der Waals surface area (Å²) in [5.74, 6) is 0.705. The third kappa shape index (κ3) is 2.47. The summed E-state index contributed by atoms with van der Waals surface area (Å²) in [4.78, 5) is 6.28. The lowest BCUT2D eigenvalue weighted by Crippen LogP contribution is -2.32.